The molecule has 2 amide bonds. The van der Waals surface area contributed by atoms with Crippen molar-refractivity contribution in [2.24, 2.45) is 5.92 Å². The van der Waals surface area contributed by atoms with Gasteiger partial charge in [-0.1, -0.05) is 55.2 Å². The summed E-state index contributed by atoms with van der Waals surface area (Å²) in [4.78, 5) is 29.9. The van der Waals surface area contributed by atoms with Crippen LogP contribution in [-0.4, -0.2) is 51.9 Å². The quantitative estimate of drug-likeness (QED) is 0.275. The van der Waals surface area contributed by atoms with Crippen molar-refractivity contribution in [3.8, 4) is 5.75 Å². The summed E-state index contributed by atoms with van der Waals surface area (Å²) < 4.78 is 7.74. The van der Waals surface area contributed by atoms with E-state index in [-0.39, 0.29) is 36.9 Å². The first kappa shape index (κ1) is 28.6. The molecule has 0 aliphatic carbocycles. The van der Waals surface area contributed by atoms with Gasteiger partial charge in [0, 0.05) is 41.1 Å². The van der Waals surface area contributed by atoms with Crippen LogP contribution in [0.5, 0.6) is 5.75 Å². The molecule has 0 saturated heterocycles. The number of carbonyl (C=O) groups excluding carboxylic acids is 2. The van der Waals surface area contributed by atoms with Gasteiger partial charge in [0.15, 0.2) is 6.61 Å². The predicted octanol–water partition coefficient (Wildman–Crippen LogP) is 6.14. The fourth-order valence-electron chi connectivity index (χ4n) is 4.01. The smallest absolute Gasteiger partial charge is 0.261 e. The van der Waals surface area contributed by atoms with Crippen LogP contribution in [0, 0.1) is 5.92 Å². The SMILES string of the molecule is CC(C)CN(Cc1cccn1Cc1ccccc1Cl)C(=O)CN(C(=O)COc1ccc(Cl)cc1)C(C)C. The molecule has 2 aromatic carbocycles. The van der Waals surface area contributed by atoms with Crippen LogP contribution in [0.4, 0.5) is 0 Å². The molecule has 3 rings (SSSR count). The first-order valence-electron chi connectivity index (χ1n) is 12.5. The van der Waals surface area contributed by atoms with Gasteiger partial charge in [-0.2, -0.15) is 0 Å². The van der Waals surface area contributed by atoms with Gasteiger partial charge in [-0.25, -0.2) is 0 Å². The van der Waals surface area contributed by atoms with Gasteiger partial charge in [-0.3, -0.25) is 9.59 Å². The summed E-state index contributed by atoms with van der Waals surface area (Å²) >= 11 is 12.3. The normalized spacial score (nSPS) is 11.1. The van der Waals surface area contributed by atoms with Crippen molar-refractivity contribution in [2.45, 2.75) is 46.8 Å². The Morgan fingerprint density at radius 3 is 2.27 bits per heavy atom. The molecule has 0 aliphatic heterocycles. The summed E-state index contributed by atoms with van der Waals surface area (Å²) in [7, 11) is 0. The molecule has 1 aromatic heterocycles. The first-order valence-corrected chi connectivity index (χ1v) is 13.2. The van der Waals surface area contributed by atoms with Gasteiger partial charge in [-0.05, 0) is 67.8 Å². The Kier molecular flexibility index (Phi) is 10.5. The van der Waals surface area contributed by atoms with E-state index in [2.05, 4.69) is 18.4 Å². The standard InChI is InChI=1S/C29H35Cl2N3O3/c1-21(2)16-33(18-25-9-7-15-32(25)17-23-8-5-6-10-27(23)31)28(35)19-34(22(3)4)29(36)20-37-26-13-11-24(30)12-14-26/h5-15,21-22H,16-20H2,1-4H3. The number of rotatable bonds is 12. The number of amides is 2. The molecule has 0 aliphatic rings. The van der Waals surface area contributed by atoms with Crippen LogP contribution < -0.4 is 4.74 Å². The molecule has 0 unspecified atom stereocenters. The second-order valence-corrected chi connectivity index (χ2v) is 10.6. The zero-order valence-electron chi connectivity index (χ0n) is 21.9. The van der Waals surface area contributed by atoms with Gasteiger partial charge in [0.2, 0.25) is 5.91 Å². The Balaban J connectivity index is 1.69. The number of hydrogen-bond acceptors (Lipinski definition) is 3. The molecular formula is C29H35Cl2N3O3. The van der Waals surface area contributed by atoms with Gasteiger partial charge < -0.3 is 19.1 Å². The van der Waals surface area contributed by atoms with E-state index in [1.807, 2.05) is 61.3 Å². The third kappa shape index (κ3) is 8.54. The second kappa shape index (κ2) is 13.5. The van der Waals surface area contributed by atoms with Gasteiger partial charge in [0.05, 0.1) is 6.54 Å². The molecule has 0 fully saturated rings. The average molecular weight is 545 g/mol. The van der Waals surface area contributed by atoms with Crippen molar-refractivity contribution in [1.82, 2.24) is 14.4 Å². The van der Waals surface area contributed by atoms with Crippen LogP contribution in [0.2, 0.25) is 10.0 Å². The van der Waals surface area contributed by atoms with Crippen LogP contribution >= 0.6 is 23.2 Å². The molecule has 8 heteroatoms. The van der Waals surface area contributed by atoms with Crippen molar-refractivity contribution in [2.75, 3.05) is 19.7 Å². The summed E-state index contributed by atoms with van der Waals surface area (Å²) in [5, 5.41) is 1.31. The van der Waals surface area contributed by atoms with Crippen LogP contribution in [-0.2, 0) is 22.7 Å². The van der Waals surface area contributed by atoms with Gasteiger partial charge in [-0.15, -0.1) is 0 Å². The fraction of sp³-hybridized carbons (Fsp3) is 0.379. The third-order valence-corrected chi connectivity index (χ3v) is 6.56. The predicted molar refractivity (Wildman–Crippen MR) is 149 cm³/mol. The maximum Gasteiger partial charge on any atom is 0.261 e. The highest BCUT2D eigenvalue weighted by molar-refractivity contribution is 6.31. The van der Waals surface area contributed by atoms with E-state index in [0.717, 1.165) is 11.3 Å². The maximum absolute atomic E-state index is 13.5. The van der Waals surface area contributed by atoms with E-state index < -0.39 is 0 Å². The summed E-state index contributed by atoms with van der Waals surface area (Å²) in [6.07, 6.45) is 1.99. The minimum absolute atomic E-state index is 0.0155. The molecule has 0 atom stereocenters. The summed E-state index contributed by atoms with van der Waals surface area (Å²) in [6, 6.07) is 18.4. The lowest BCUT2D eigenvalue weighted by Gasteiger charge is -2.31. The maximum atomic E-state index is 13.5. The minimum Gasteiger partial charge on any atom is -0.484 e. The number of carbonyl (C=O) groups is 2. The van der Waals surface area contributed by atoms with Crippen LogP contribution in [0.15, 0.2) is 66.9 Å². The van der Waals surface area contributed by atoms with Gasteiger partial charge in [0.25, 0.3) is 5.91 Å². The number of benzene rings is 2. The average Bonchev–Trinajstić information content (AvgIpc) is 3.28. The highest BCUT2D eigenvalue weighted by Crippen LogP contribution is 2.19. The molecule has 0 radical (unpaired) electrons. The lowest BCUT2D eigenvalue weighted by molar-refractivity contribution is -0.143. The minimum atomic E-state index is -0.245. The highest BCUT2D eigenvalue weighted by atomic mass is 35.5. The van der Waals surface area contributed by atoms with Crippen LogP contribution in [0.3, 0.4) is 0 Å². The Bertz CT molecular complexity index is 1180. The number of nitrogens with zero attached hydrogens (tertiary/aromatic N) is 3. The van der Waals surface area contributed by atoms with E-state index in [1.54, 1.807) is 29.2 Å². The van der Waals surface area contributed by atoms with E-state index in [9.17, 15) is 9.59 Å². The Labute approximate surface area is 229 Å². The summed E-state index contributed by atoms with van der Waals surface area (Å²) in [5.74, 6) is 0.471. The van der Waals surface area contributed by atoms with Crippen LogP contribution in [0.1, 0.15) is 39.0 Å². The lowest BCUT2D eigenvalue weighted by Crippen LogP contribution is -2.48. The zero-order chi connectivity index (χ0) is 26.9. The first-order chi connectivity index (χ1) is 17.6. The zero-order valence-corrected chi connectivity index (χ0v) is 23.4. The topological polar surface area (TPSA) is 54.8 Å². The van der Waals surface area contributed by atoms with Gasteiger partial charge >= 0.3 is 0 Å². The Hall–Kier alpha value is -2.96. The monoisotopic (exact) mass is 543 g/mol. The molecule has 198 valence electrons. The number of aromatic nitrogens is 1. The van der Waals surface area contributed by atoms with E-state index in [0.29, 0.717) is 35.4 Å². The van der Waals surface area contributed by atoms with E-state index >= 15 is 0 Å². The van der Waals surface area contributed by atoms with Crippen molar-refractivity contribution in [1.29, 1.82) is 0 Å². The molecule has 1 heterocycles. The van der Waals surface area contributed by atoms with E-state index in [1.165, 1.54) is 0 Å². The van der Waals surface area contributed by atoms with Gasteiger partial charge in [0.1, 0.15) is 12.3 Å². The number of halogens is 2. The lowest BCUT2D eigenvalue weighted by atomic mass is 10.2. The molecule has 0 N–H and O–H groups in total. The third-order valence-electron chi connectivity index (χ3n) is 5.94. The highest BCUT2D eigenvalue weighted by Gasteiger charge is 2.25. The Morgan fingerprint density at radius 2 is 1.62 bits per heavy atom. The molecule has 0 spiro atoms. The number of ether oxygens (including phenoxy) is 1. The van der Waals surface area contributed by atoms with Crippen molar-refractivity contribution in [3.63, 3.8) is 0 Å². The number of hydrogen-bond donors (Lipinski definition) is 0. The Morgan fingerprint density at radius 1 is 0.919 bits per heavy atom. The summed E-state index contributed by atoms with van der Waals surface area (Å²) in [5.41, 5.74) is 2.02. The van der Waals surface area contributed by atoms with Crippen LogP contribution in [0.25, 0.3) is 0 Å². The molecular weight excluding hydrogens is 509 g/mol. The largest absolute Gasteiger partial charge is 0.484 e. The molecule has 3 aromatic rings. The molecule has 6 nitrogen and oxygen atoms in total. The van der Waals surface area contributed by atoms with Crippen molar-refractivity contribution in [3.05, 3.63) is 88.2 Å². The van der Waals surface area contributed by atoms with E-state index in [4.69, 9.17) is 27.9 Å². The van der Waals surface area contributed by atoms with Crippen molar-refractivity contribution >= 4 is 35.0 Å². The molecule has 0 saturated carbocycles. The fourth-order valence-corrected chi connectivity index (χ4v) is 4.33. The van der Waals surface area contributed by atoms with Crippen molar-refractivity contribution < 1.29 is 14.3 Å². The molecule has 37 heavy (non-hydrogen) atoms. The second-order valence-electron chi connectivity index (χ2n) is 9.74. The molecule has 0 bridgehead atoms. The summed E-state index contributed by atoms with van der Waals surface area (Å²) in [6.45, 7) is 9.42.